The average Bonchev–Trinajstić information content (AvgIpc) is 2.39. The lowest BCUT2D eigenvalue weighted by molar-refractivity contribution is 0.0693. The second kappa shape index (κ2) is 6.26. The van der Waals surface area contributed by atoms with Crippen LogP contribution in [0, 0.1) is 0 Å². The normalized spacial score (nSPS) is 12.1. The van der Waals surface area contributed by atoms with Gasteiger partial charge in [-0.25, -0.2) is 4.79 Å². The molecule has 19 heavy (non-hydrogen) atoms. The van der Waals surface area contributed by atoms with Crippen molar-refractivity contribution in [3.8, 4) is 0 Å². The second-order valence-electron chi connectivity index (χ2n) is 4.12. The van der Waals surface area contributed by atoms with Gasteiger partial charge in [-0.2, -0.15) is 0 Å². The zero-order valence-corrected chi connectivity index (χ0v) is 12.7. The van der Waals surface area contributed by atoms with Crippen molar-refractivity contribution in [3.63, 3.8) is 0 Å². The number of carboxylic acid groups (broad SMARTS) is 1. The van der Waals surface area contributed by atoms with Crippen LogP contribution in [0.1, 0.15) is 28.1 Å². The molecule has 0 heterocycles. The summed E-state index contributed by atoms with van der Waals surface area (Å²) in [5.41, 5.74) is 1.53. The molecular weight excluding hydrogens is 324 g/mol. The van der Waals surface area contributed by atoms with Gasteiger partial charge < -0.3 is 5.11 Å². The van der Waals surface area contributed by atoms with Crippen molar-refractivity contribution in [1.82, 2.24) is 0 Å². The van der Waals surface area contributed by atoms with E-state index in [4.69, 9.17) is 0 Å². The summed E-state index contributed by atoms with van der Waals surface area (Å²) >= 11 is 4.94. The fraction of sp³-hybridized carbons (Fsp3) is 0.133. The van der Waals surface area contributed by atoms with E-state index in [2.05, 4.69) is 35.0 Å². The van der Waals surface area contributed by atoms with Gasteiger partial charge in [-0.15, -0.1) is 11.8 Å². The van der Waals surface area contributed by atoms with Crippen molar-refractivity contribution < 1.29 is 9.90 Å². The van der Waals surface area contributed by atoms with E-state index in [0.717, 1.165) is 9.37 Å². The maximum absolute atomic E-state index is 11.2. The number of benzene rings is 2. The van der Waals surface area contributed by atoms with E-state index in [1.165, 1.54) is 5.56 Å². The summed E-state index contributed by atoms with van der Waals surface area (Å²) in [4.78, 5) is 12.0. The van der Waals surface area contributed by atoms with Gasteiger partial charge in [0.2, 0.25) is 0 Å². The number of hydrogen-bond donors (Lipinski definition) is 1. The molecule has 0 aliphatic carbocycles. The van der Waals surface area contributed by atoms with Crippen molar-refractivity contribution in [2.75, 3.05) is 0 Å². The molecule has 2 rings (SSSR count). The molecule has 0 saturated heterocycles. The van der Waals surface area contributed by atoms with Gasteiger partial charge in [0.1, 0.15) is 0 Å². The predicted octanol–water partition coefficient (Wildman–Crippen LogP) is 5.00. The van der Waals surface area contributed by atoms with Crippen LogP contribution in [0.4, 0.5) is 0 Å². The Morgan fingerprint density at radius 2 is 1.89 bits per heavy atom. The van der Waals surface area contributed by atoms with Gasteiger partial charge in [0, 0.05) is 14.6 Å². The summed E-state index contributed by atoms with van der Waals surface area (Å²) < 4.78 is 0.889. The molecule has 0 aliphatic rings. The Morgan fingerprint density at radius 3 is 2.53 bits per heavy atom. The van der Waals surface area contributed by atoms with Crippen molar-refractivity contribution in [2.24, 2.45) is 0 Å². The molecule has 0 amide bonds. The molecular formula is C15H13BrO2S. The third kappa shape index (κ3) is 3.61. The molecule has 98 valence electrons. The van der Waals surface area contributed by atoms with E-state index < -0.39 is 5.97 Å². The number of hydrogen-bond acceptors (Lipinski definition) is 2. The number of thioether (sulfide) groups is 1. The zero-order valence-electron chi connectivity index (χ0n) is 10.3. The number of carboxylic acids is 1. The molecule has 4 heteroatoms. The molecule has 0 aliphatic heterocycles. The first-order chi connectivity index (χ1) is 9.08. The largest absolute Gasteiger partial charge is 0.478 e. The Hall–Kier alpha value is -1.26. The van der Waals surface area contributed by atoms with E-state index in [1.807, 2.05) is 24.3 Å². The molecule has 1 unspecified atom stereocenters. The highest BCUT2D eigenvalue weighted by molar-refractivity contribution is 9.10. The lowest BCUT2D eigenvalue weighted by atomic mass is 10.2. The monoisotopic (exact) mass is 336 g/mol. The predicted molar refractivity (Wildman–Crippen MR) is 81.8 cm³/mol. The van der Waals surface area contributed by atoms with E-state index in [9.17, 15) is 9.90 Å². The third-order valence-electron chi connectivity index (χ3n) is 2.75. The zero-order chi connectivity index (χ0) is 13.8. The maximum Gasteiger partial charge on any atom is 0.336 e. The minimum absolute atomic E-state index is 0.202. The Balaban J connectivity index is 2.28. The van der Waals surface area contributed by atoms with E-state index in [0.29, 0.717) is 5.56 Å². The SMILES string of the molecule is CC(Sc1cc(Br)ccc1C(=O)O)c1ccccc1. The molecule has 0 radical (unpaired) electrons. The Bertz CT molecular complexity index is 584. The van der Waals surface area contributed by atoms with Crippen molar-refractivity contribution in [1.29, 1.82) is 0 Å². The molecule has 2 aromatic rings. The lowest BCUT2D eigenvalue weighted by Gasteiger charge is -2.13. The Morgan fingerprint density at radius 1 is 1.21 bits per heavy atom. The molecule has 0 bridgehead atoms. The summed E-state index contributed by atoms with van der Waals surface area (Å²) in [6.07, 6.45) is 0. The summed E-state index contributed by atoms with van der Waals surface area (Å²) in [7, 11) is 0. The highest BCUT2D eigenvalue weighted by Crippen LogP contribution is 2.37. The van der Waals surface area contributed by atoms with Crippen LogP contribution in [0.5, 0.6) is 0 Å². The first kappa shape index (κ1) is 14.2. The van der Waals surface area contributed by atoms with Crippen LogP contribution >= 0.6 is 27.7 Å². The second-order valence-corrected chi connectivity index (χ2v) is 6.41. The van der Waals surface area contributed by atoms with Gasteiger partial charge in [-0.3, -0.25) is 0 Å². The maximum atomic E-state index is 11.2. The molecule has 1 atom stereocenters. The van der Waals surface area contributed by atoms with Crippen LogP contribution in [0.15, 0.2) is 57.9 Å². The fourth-order valence-electron chi connectivity index (χ4n) is 1.75. The molecule has 0 saturated carbocycles. The number of rotatable bonds is 4. The quantitative estimate of drug-likeness (QED) is 0.798. The molecule has 0 fully saturated rings. The third-order valence-corrected chi connectivity index (χ3v) is 4.46. The summed E-state index contributed by atoms with van der Waals surface area (Å²) in [5.74, 6) is -0.893. The lowest BCUT2D eigenvalue weighted by Crippen LogP contribution is -1.99. The standard InChI is InChI=1S/C15H13BrO2S/c1-10(11-5-3-2-4-6-11)19-14-9-12(16)7-8-13(14)15(17)18/h2-10H,1H3,(H,17,18). The van der Waals surface area contributed by atoms with Crippen LogP contribution in [0.25, 0.3) is 0 Å². The van der Waals surface area contributed by atoms with Crippen LogP contribution in [-0.2, 0) is 0 Å². The van der Waals surface area contributed by atoms with Gasteiger partial charge in [0.15, 0.2) is 0 Å². The van der Waals surface area contributed by atoms with Crippen LogP contribution in [0.3, 0.4) is 0 Å². The molecule has 1 N–H and O–H groups in total. The molecule has 0 aromatic heterocycles. The van der Waals surface area contributed by atoms with Gasteiger partial charge in [0.25, 0.3) is 0 Å². The van der Waals surface area contributed by atoms with Crippen LogP contribution in [-0.4, -0.2) is 11.1 Å². The highest BCUT2D eigenvalue weighted by atomic mass is 79.9. The highest BCUT2D eigenvalue weighted by Gasteiger charge is 2.14. The average molecular weight is 337 g/mol. The van der Waals surface area contributed by atoms with Gasteiger partial charge >= 0.3 is 5.97 Å². The summed E-state index contributed by atoms with van der Waals surface area (Å²) in [6, 6.07) is 15.3. The van der Waals surface area contributed by atoms with E-state index >= 15 is 0 Å². The first-order valence-electron chi connectivity index (χ1n) is 5.82. The number of halogens is 1. The molecule has 2 aromatic carbocycles. The minimum Gasteiger partial charge on any atom is -0.478 e. The van der Waals surface area contributed by atoms with Crippen LogP contribution in [0.2, 0.25) is 0 Å². The van der Waals surface area contributed by atoms with Gasteiger partial charge in [-0.05, 0) is 30.7 Å². The Labute approximate surface area is 125 Å². The molecule has 0 spiro atoms. The number of aromatic carboxylic acids is 1. The smallest absolute Gasteiger partial charge is 0.336 e. The van der Waals surface area contributed by atoms with E-state index in [-0.39, 0.29) is 5.25 Å². The molecule has 2 nitrogen and oxygen atoms in total. The van der Waals surface area contributed by atoms with Crippen molar-refractivity contribution in [3.05, 3.63) is 64.1 Å². The minimum atomic E-state index is -0.893. The Kier molecular flexibility index (Phi) is 4.66. The number of carbonyl (C=O) groups is 1. The van der Waals surface area contributed by atoms with Crippen molar-refractivity contribution in [2.45, 2.75) is 17.1 Å². The van der Waals surface area contributed by atoms with Crippen molar-refractivity contribution >= 4 is 33.7 Å². The van der Waals surface area contributed by atoms with Gasteiger partial charge in [-0.1, -0.05) is 46.3 Å². The van der Waals surface area contributed by atoms with Gasteiger partial charge in [0.05, 0.1) is 5.56 Å². The summed E-state index contributed by atoms with van der Waals surface area (Å²) in [5, 5.41) is 9.41. The fourth-order valence-corrected chi connectivity index (χ4v) is 3.42. The first-order valence-corrected chi connectivity index (χ1v) is 7.49. The van der Waals surface area contributed by atoms with Crippen LogP contribution < -0.4 is 0 Å². The topological polar surface area (TPSA) is 37.3 Å². The summed E-state index contributed by atoms with van der Waals surface area (Å²) in [6.45, 7) is 2.08. The van der Waals surface area contributed by atoms with E-state index in [1.54, 1.807) is 23.9 Å².